The Balaban J connectivity index is 2.72. The Morgan fingerprint density at radius 3 is 2.50 bits per heavy atom. The maximum absolute atomic E-state index is 11.6. The lowest BCUT2D eigenvalue weighted by molar-refractivity contribution is 0.235. The van der Waals surface area contributed by atoms with E-state index < -0.39 is 0 Å². The molecule has 0 bridgehead atoms. The van der Waals surface area contributed by atoms with Crippen LogP contribution >= 0.6 is 11.6 Å². The summed E-state index contributed by atoms with van der Waals surface area (Å²) in [6, 6.07) is 5.25. The van der Waals surface area contributed by atoms with Crippen molar-refractivity contribution in [2.24, 2.45) is 0 Å². The van der Waals surface area contributed by atoms with Gasteiger partial charge in [0.2, 0.25) is 0 Å². The molecule has 2 amide bonds. The summed E-state index contributed by atoms with van der Waals surface area (Å²) in [5.41, 5.74) is 0.940. The number of urea groups is 1. The van der Waals surface area contributed by atoms with E-state index in [0.29, 0.717) is 10.8 Å². The van der Waals surface area contributed by atoms with Crippen LogP contribution in [-0.4, -0.2) is 19.2 Å². The Morgan fingerprint density at radius 1 is 1.28 bits per heavy atom. The van der Waals surface area contributed by atoms with E-state index in [1.165, 1.54) is 0 Å². The number of hydrogen-bond acceptors (Lipinski definition) is 2. The van der Waals surface area contributed by atoms with Gasteiger partial charge >= 0.3 is 6.03 Å². The first-order valence-electron chi connectivity index (χ1n) is 5.84. The average molecular weight is 271 g/mol. The van der Waals surface area contributed by atoms with Gasteiger partial charge in [0.15, 0.2) is 0 Å². The zero-order valence-corrected chi connectivity index (χ0v) is 11.8. The molecule has 0 aliphatic heterocycles. The summed E-state index contributed by atoms with van der Waals surface area (Å²) in [5, 5.41) is 6.18. The number of amides is 2. The van der Waals surface area contributed by atoms with Crippen molar-refractivity contribution in [3.8, 4) is 5.75 Å². The van der Waals surface area contributed by atoms with Crippen LogP contribution in [0.1, 0.15) is 32.4 Å². The van der Waals surface area contributed by atoms with Crippen molar-refractivity contribution in [3.05, 3.63) is 28.8 Å². The van der Waals surface area contributed by atoms with E-state index in [4.69, 9.17) is 16.3 Å². The predicted octanol–water partition coefficient (Wildman–Crippen LogP) is 3.12. The van der Waals surface area contributed by atoms with Gasteiger partial charge < -0.3 is 15.4 Å². The molecule has 0 unspecified atom stereocenters. The first-order valence-corrected chi connectivity index (χ1v) is 6.22. The number of halogens is 1. The van der Waals surface area contributed by atoms with E-state index in [1.807, 2.05) is 32.9 Å². The molecular weight excluding hydrogens is 252 g/mol. The number of ether oxygens (including phenoxy) is 1. The Labute approximate surface area is 113 Å². The van der Waals surface area contributed by atoms with Crippen LogP contribution in [0.5, 0.6) is 5.75 Å². The van der Waals surface area contributed by atoms with Crippen LogP contribution in [0.4, 0.5) is 4.79 Å². The minimum Gasteiger partial charge on any atom is -0.495 e. The number of rotatable bonds is 4. The lowest BCUT2D eigenvalue weighted by atomic mass is 10.1. The summed E-state index contributed by atoms with van der Waals surface area (Å²) >= 11 is 5.95. The highest BCUT2D eigenvalue weighted by atomic mass is 35.5. The molecule has 2 N–H and O–H groups in total. The number of hydrogen-bond donors (Lipinski definition) is 2. The second kappa shape index (κ2) is 6.50. The number of carbonyl (C=O) groups excluding carboxylic acids is 1. The third-order valence-corrected chi connectivity index (χ3v) is 2.75. The molecule has 0 aromatic heterocycles. The summed E-state index contributed by atoms with van der Waals surface area (Å²) in [4.78, 5) is 11.6. The van der Waals surface area contributed by atoms with Crippen LogP contribution in [0.15, 0.2) is 18.2 Å². The summed E-state index contributed by atoms with van der Waals surface area (Å²) in [7, 11) is 1.56. The van der Waals surface area contributed by atoms with Gasteiger partial charge in [-0.25, -0.2) is 4.79 Å². The molecule has 0 aliphatic carbocycles. The molecule has 0 radical (unpaired) electrons. The molecule has 100 valence electrons. The molecule has 1 rings (SSSR count). The Morgan fingerprint density at radius 2 is 1.94 bits per heavy atom. The normalized spacial score (nSPS) is 12.1. The molecule has 0 aliphatic rings. The van der Waals surface area contributed by atoms with Crippen LogP contribution < -0.4 is 15.4 Å². The van der Waals surface area contributed by atoms with Crippen molar-refractivity contribution in [2.75, 3.05) is 7.11 Å². The molecule has 0 heterocycles. The van der Waals surface area contributed by atoms with Crippen LogP contribution in [0.3, 0.4) is 0 Å². The summed E-state index contributed by atoms with van der Waals surface area (Å²) < 4.78 is 5.15. The summed E-state index contributed by atoms with van der Waals surface area (Å²) in [5.74, 6) is 0.604. The van der Waals surface area contributed by atoms with Gasteiger partial charge in [-0.05, 0) is 38.5 Å². The van der Waals surface area contributed by atoms with Crippen molar-refractivity contribution in [3.63, 3.8) is 0 Å². The smallest absolute Gasteiger partial charge is 0.315 e. The molecule has 1 aromatic rings. The minimum atomic E-state index is -0.189. The largest absolute Gasteiger partial charge is 0.495 e. The second-order valence-electron chi connectivity index (χ2n) is 4.39. The average Bonchev–Trinajstić information content (AvgIpc) is 2.28. The zero-order chi connectivity index (χ0) is 13.7. The predicted molar refractivity (Wildman–Crippen MR) is 73.2 cm³/mol. The first kappa shape index (κ1) is 14.6. The lowest BCUT2D eigenvalue weighted by Gasteiger charge is -2.17. The van der Waals surface area contributed by atoms with Gasteiger partial charge in [-0.1, -0.05) is 17.7 Å². The van der Waals surface area contributed by atoms with Crippen molar-refractivity contribution in [1.82, 2.24) is 10.6 Å². The van der Waals surface area contributed by atoms with Crippen molar-refractivity contribution < 1.29 is 9.53 Å². The molecule has 4 nitrogen and oxygen atoms in total. The summed E-state index contributed by atoms with van der Waals surface area (Å²) in [6.07, 6.45) is 0. The van der Waals surface area contributed by atoms with Crippen molar-refractivity contribution >= 4 is 17.6 Å². The highest BCUT2D eigenvalue weighted by Crippen LogP contribution is 2.27. The third-order valence-electron chi connectivity index (χ3n) is 2.44. The molecule has 0 spiro atoms. The monoisotopic (exact) mass is 270 g/mol. The fourth-order valence-electron chi connectivity index (χ4n) is 1.53. The summed E-state index contributed by atoms with van der Waals surface area (Å²) in [6.45, 7) is 5.73. The molecule has 0 fully saturated rings. The first-order chi connectivity index (χ1) is 8.43. The second-order valence-corrected chi connectivity index (χ2v) is 4.80. The number of nitrogens with one attached hydrogen (secondary N) is 2. The van der Waals surface area contributed by atoms with E-state index in [1.54, 1.807) is 13.2 Å². The number of carbonyl (C=O) groups is 1. The quantitative estimate of drug-likeness (QED) is 0.883. The molecule has 1 atom stereocenters. The van der Waals surface area contributed by atoms with Crippen LogP contribution in [0, 0.1) is 0 Å². The van der Waals surface area contributed by atoms with Gasteiger partial charge in [0.1, 0.15) is 5.75 Å². The Bertz CT molecular complexity index is 421. The van der Waals surface area contributed by atoms with Crippen molar-refractivity contribution in [1.29, 1.82) is 0 Å². The van der Waals surface area contributed by atoms with E-state index in [0.717, 1.165) is 5.56 Å². The fourth-order valence-corrected chi connectivity index (χ4v) is 1.72. The van der Waals surface area contributed by atoms with Gasteiger partial charge in [-0.15, -0.1) is 0 Å². The Hall–Kier alpha value is -1.42. The van der Waals surface area contributed by atoms with E-state index in [2.05, 4.69) is 10.6 Å². The SMILES string of the molecule is COc1cc([C@@H](C)NC(=O)NC(C)C)ccc1Cl. The van der Waals surface area contributed by atoms with Gasteiger partial charge in [-0.3, -0.25) is 0 Å². The molecule has 18 heavy (non-hydrogen) atoms. The van der Waals surface area contributed by atoms with Gasteiger partial charge in [0, 0.05) is 6.04 Å². The molecule has 1 aromatic carbocycles. The maximum Gasteiger partial charge on any atom is 0.315 e. The number of benzene rings is 1. The molecular formula is C13H19ClN2O2. The maximum atomic E-state index is 11.6. The molecule has 0 saturated heterocycles. The highest BCUT2D eigenvalue weighted by molar-refractivity contribution is 6.32. The van der Waals surface area contributed by atoms with Gasteiger partial charge in [0.05, 0.1) is 18.2 Å². The van der Waals surface area contributed by atoms with Crippen LogP contribution in [0.25, 0.3) is 0 Å². The Kier molecular flexibility index (Phi) is 5.28. The molecule has 0 saturated carbocycles. The highest BCUT2D eigenvalue weighted by Gasteiger charge is 2.12. The van der Waals surface area contributed by atoms with Gasteiger partial charge in [-0.2, -0.15) is 0 Å². The zero-order valence-electron chi connectivity index (χ0n) is 11.1. The number of methoxy groups -OCH3 is 1. The van der Waals surface area contributed by atoms with E-state index in [9.17, 15) is 4.79 Å². The van der Waals surface area contributed by atoms with Gasteiger partial charge in [0.25, 0.3) is 0 Å². The van der Waals surface area contributed by atoms with Crippen molar-refractivity contribution in [2.45, 2.75) is 32.9 Å². The minimum absolute atomic E-state index is 0.108. The fraction of sp³-hybridized carbons (Fsp3) is 0.462. The van der Waals surface area contributed by atoms with E-state index >= 15 is 0 Å². The lowest BCUT2D eigenvalue weighted by Crippen LogP contribution is -2.40. The molecule has 5 heteroatoms. The van der Waals surface area contributed by atoms with Crippen LogP contribution in [-0.2, 0) is 0 Å². The van der Waals surface area contributed by atoms with E-state index in [-0.39, 0.29) is 18.1 Å². The third kappa shape index (κ3) is 4.11. The standard InChI is InChI=1S/C13H19ClN2O2/c1-8(2)15-13(17)16-9(3)10-5-6-11(14)12(7-10)18-4/h5-9H,1-4H3,(H2,15,16,17)/t9-/m1/s1. The van der Waals surface area contributed by atoms with Crippen LogP contribution in [0.2, 0.25) is 5.02 Å². The topological polar surface area (TPSA) is 50.4 Å².